The molecular formula is C25H21N5O5. The number of fused-ring (bicyclic) bond motifs is 4. The lowest BCUT2D eigenvalue weighted by atomic mass is 9.82. The van der Waals surface area contributed by atoms with Crippen LogP contribution in [-0.2, 0) is 16.1 Å². The van der Waals surface area contributed by atoms with Gasteiger partial charge in [0.2, 0.25) is 12.2 Å². The zero-order valence-electron chi connectivity index (χ0n) is 18.7. The Balaban J connectivity index is 1.38. The number of hydrogen-bond donors (Lipinski definition) is 2. The van der Waals surface area contributed by atoms with Crippen LogP contribution < -0.4 is 15.6 Å². The topological polar surface area (TPSA) is 145 Å². The van der Waals surface area contributed by atoms with E-state index >= 15 is 0 Å². The minimum atomic E-state index is -1.43. The summed E-state index contributed by atoms with van der Waals surface area (Å²) in [5.74, 6) is 3.06. The van der Waals surface area contributed by atoms with Crippen molar-refractivity contribution in [3.63, 3.8) is 0 Å². The van der Waals surface area contributed by atoms with Gasteiger partial charge in [0.15, 0.2) is 5.78 Å². The summed E-state index contributed by atoms with van der Waals surface area (Å²) in [7, 11) is 0. The van der Waals surface area contributed by atoms with Crippen LogP contribution in [0.15, 0.2) is 54.7 Å². The van der Waals surface area contributed by atoms with Gasteiger partial charge in [0.05, 0.1) is 29.7 Å². The lowest BCUT2D eigenvalue weighted by Gasteiger charge is -2.45. The van der Waals surface area contributed by atoms with E-state index in [1.165, 1.54) is 22.8 Å². The smallest absolute Gasteiger partial charge is 0.286 e. The number of rotatable bonds is 5. The van der Waals surface area contributed by atoms with Crippen molar-refractivity contribution in [3.05, 3.63) is 77.0 Å². The van der Waals surface area contributed by atoms with Crippen LogP contribution in [0.25, 0.3) is 16.7 Å². The minimum Gasteiger partial charge on any atom is -0.543 e. The number of aliphatic hydroxyl groups is 1. The molecule has 3 heterocycles. The molecule has 6 rings (SSSR count). The van der Waals surface area contributed by atoms with Crippen LogP contribution in [0.2, 0.25) is 0 Å². The second-order valence-electron chi connectivity index (χ2n) is 9.22. The van der Waals surface area contributed by atoms with Crippen molar-refractivity contribution < 1.29 is 29.3 Å². The number of aliphatic carboxylic acids is 1. The highest BCUT2D eigenvalue weighted by Crippen LogP contribution is 2.48. The molecule has 0 spiro atoms. The fourth-order valence-electron chi connectivity index (χ4n) is 5.54. The normalized spacial score (nSPS) is 21.0. The number of aromatic nitrogens is 3. The molecule has 0 unspecified atom stereocenters. The molecule has 10 nitrogen and oxygen atoms in total. The minimum absolute atomic E-state index is 0.105. The molecule has 176 valence electrons. The van der Waals surface area contributed by atoms with E-state index in [1.54, 1.807) is 29.2 Å². The molecule has 1 fully saturated rings. The summed E-state index contributed by atoms with van der Waals surface area (Å²) in [5.41, 5.74) is 4.40. The number of nitrogen functional groups attached to an aromatic ring is 1. The third-order valence-electron chi connectivity index (χ3n) is 7.10. The van der Waals surface area contributed by atoms with Crippen LogP contribution in [0.4, 0.5) is 0 Å². The van der Waals surface area contributed by atoms with E-state index in [0.717, 1.165) is 11.1 Å². The van der Waals surface area contributed by atoms with Crippen LogP contribution in [-0.4, -0.2) is 49.6 Å². The van der Waals surface area contributed by atoms with Gasteiger partial charge in [0.25, 0.3) is 6.33 Å². The van der Waals surface area contributed by atoms with Crippen molar-refractivity contribution in [1.29, 1.82) is 0 Å². The number of carbonyl (C=O) groups excluding carboxylic acids is 3. The summed E-state index contributed by atoms with van der Waals surface area (Å²) >= 11 is 0. The van der Waals surface area contributed by atoms with Gasteiger partial charge in [-0.25, -0.2) is 0 Å². The molecule has 2 aromatic carbocycles. The van der Waals surface area contributed by atoms with Crippen molar-refractivity contribution in [3.8, 4) is 11.1 Å². The predicted molar refractivity (Wildman–Crippen MR) is 119 cm³/mol. The standard InChI is InChI=1S/C25H21N5O5/c1-12(31)21-20-8-17(22(25(34)35)30(20)24(21)33)14-3-5-16-18(7-14)15-4-2-13(6-19(15)23(16)32)9-29-11-28(26)10-27-29/h2-7,10-12,20-21,31H,8-9,26H2,1H3/t12-,20-,21-/m1/s1. The van der Waals surface area contributed by atoms with Crippen LogP contribution in [0.1, 0.15) is 40.4 Å². The van der Waals surface area contributed by atoms with E-state index in [4.69, 9.17) is 5.84 Å². The molecule has 0 bridgehead atoms. The second-order valence-corrected chi connectivity index (χ2v) is 9.22. The van der Waals surface area contributed by atoms with Gasteiger partial charge < -0.3 is 19.9 Å². The molecule has 1 saturated heterocycles. The van der Waals surface area contributed by atoms with E-state index in [0.29, 0.717) is 40.8 Å². The highest BCUT2D eigenvalue weighted by Gasteiger charge is 2.55. The number of benzene rings is 2. The quantitative estimate of drug-likeness (QED) is 0.221. The number of carbonyl (C=O) groups is 3. The zero-order valence-corrected chi connectivity index (χ0v) is 18.7. The molecule has 3 aromatic rings. The average Bonchev–Trinajstić information content (AvgIpc) is 3.46. The van der Waals surface area contributed by atoms with Crippen molar-refractivity contribution in [2.24, 2.45) is 5.92 Å². The Hall–Kier alpha value is -4.31. The van der Waals surface area contributed by atoms with Gasteiger partial charge in [-0.2, -0.15) is 0 Å². The van der Waals surface area contributed by atoms with Crippen LogP contribution in [0.3, 0.4) is 0 Å². The number of carboxylic acid groups (broad SMARTS) is 1. The van der Waals surface area contributed by atoms with Gasteiger partial charge in [-0.05, 0) is 59.4 Å². The summed E-state index contributed by atoms with van der Waals surface area (Å²) in [6, 6.07) is 10.4. The second kappa shape index (κ2) is 7.34. The van der Waals surface area contributed by atoms with Crippen LogP contribution >= 0.6 is 0 Å². The van der Waals surface area contributed by atoms with Gasteiger partial charge in [-0.15, -0.1) is 9.36 Å². The number of nitrogens with two attached hydrogens (primary N) is 1. The van der Waals surface area contributed by atoms with E-state index in [-0.39, 0.29) is 11.5 Å². The Kier molecular flexibility index (Phi) is 4.46. The molecule has 1 amide bonds. The van der Waals surface area contributed by atoms with Crippen molar-refractivity contribution >= 4 is 23.2 Å². The first kappa shape index (κ1) is 21.2. The molecule has 10 heteroatoms. The first-order valence-electron chi connectivity index (χ1n) is 11.2. The summed E-state index contributed by atoms with van der Waals surface area (Å²) < 4.78 is 3.00. The number of β-lactam (4-membered cyclic amide) rings is 1. The average molecular weight is 471 g/mol. The third-order valence-corrected chi connectivity index (χ3v) is 7.10. The summed E-state index contributed by atoms with van der Waals surface area (Å²) in [5, 5.41) is 26.1. The maximum Gasteiger partial charge on any atom is 0.286 e. The van der Waals surface area contributed by atoms with Crippen LogP contribution in [0, 0.1) is 5.92 Å². The Bertz CT molecular complexity index is 1490. The maximum atomic E-state index is 13.1. The lowest BCUT2D eigenvalue weighted by Crippen LogP contribution is -2.62. The number of amides is 1. The Morgan fingerprint density at radius 2 is 1.97 bits per heavy atom. The molecule has 3 aliphatic rings. The Morgan fingerprint density at radius 1 is 1.20 bits per heavy atom. The third kappa shape index (κ3) is 3.03. The molecule has 3 atom stereocenters. The molecule has 1 aromatic heterocycles. The van der Waals surface area contributed by atoms with Crippen molar-refractivity contribution in [1.82, 2.24) is 14.7 Å². The summed E-state index contributed by atoms with van der Waals surface area (Å²) in [6.45, 7) is 1.98. The fourth-order valence-corrected chi connectivity index (χ4v) is 5.54. The monoisotopic (exact) mass is 471 g/mol. The number of ketones is 1. The summed E-state index contributed by atoms with van der Waals surface area (Å²) in [4.78, 5) is 38.8. The first-order chi connectivity index (χ1) is 16.7. The fraction of sp³-hybridized carbons (Fsp3) is 0.240. The van der Waals surface area contributed by atoms with Crippen molar-refractivity contribution in [2.75, 3.05) is 5.84 Å². The van der Waals surface area contributed by atoms with E-state index < -0.39 is 29.9 Å². The maximum absolute atomic E-state index is 13.1. The largest absolute Gasteiger partial charge is 0.543 e. The number of nitrogens with zero attached hydrogens (tertiary/aromatic N) is 4. The highest BCUT2D eigenvalue weighted by molar-refractivity contribution is 6.22. The molecule has 3 N–H and O–H groups in total. The van der Waals surface area contributed by atoms with Gasteiger partial charge in [0.1, 0.15) is 6.54 Å². The first-order valence-corrected chi connectivity index (χ1v) is 11.2. The lowest BCUT2D eigenvalue weighted by molar-refractivity contribution is -0.639. The predicted octanol–water partition coefficient (Wildman–Crippen LogP) is -0.783. The van der Waals surface area contributed by atoms with Gasteiger partial charge in [0, 0.05) is 16.2 Å². The molecule has 0 saturated carbocycles. The highest BCUT2D eigenvalue weighted by atomic mass is 16.4. The van der Waals surface area contributed by atoms with Gasteiger partial charge in [-0.1, -0.05) is 18.2 Å². The zero-order chi connectivity index (χ0) is 24.6. The SMILES string of the molecule is C[C@@H](O)[C@H]1C(=O)N2C(C(=O)[O-])=C(c3ccc4c(c3)-c3ccc(Cn5c[n+](N)cn5)cc3C4=O)C[C@H]12. The molecule has 35 heavy (non-hydrogen) atoms. The Labute approximate surface area is 199 Å². The summed E-state index contributed by atoms with van der Waals surface area (Å²) in [6.07, 6.45) is 2.54. The Morgan fingerprint density at radius 3 is 2.66 bits per heavy atom. The molecular weight excluding hydrogens is 450 g/mol. The van der Waals surface area contributed by atoms with Gasteiger partial charge >= 0.3 is 0 Å². The molecule has 2 aliphatic heterocycles. The van der Waals surface area contributed by atoms with Crippen LogP contribution in [0.5, 0.6) is 0 Å². The van der Waals surface area contributed by atoms with E-state index in [1.807, 2.05) is 18.2 Å². The van der Waals surface area contributed by atoms with E-state index in [2.05, 4.69) is 5.10 Å². The number of carboxylic acids is 1. The number of hydrogen-bond acceptors (Lipinski definition) is 7. The van der Waals surface area contributed by atoms with E-state index in [9.17, 15) is 24.6 Å². The van der Waals surface area contributed by atoms with Crippen molar-refractivity contribution in [2.45, 2.75) is 32.0 Å². The van der Waals surface area contributed by atoms with Gasteiger partial charge in [-0.3, -0.25) is 15.4 Å². The number of aliphatic hydroxyl groups excluding tert-OH is 1. The molecule has 0 radical (unpaired) electrons. The molecule has 1 aliphatic carbocycles.